The van der Waals surface area contributed by atoms with Crippen LogP contribution in [0.5, 0.6) is 0 Å². The standard InChI is InChI=1S/C28H54O5/c1-3-5-7-9-11-13-15-17-19-21-27(31,23-29)25-33-26-28(32,24-30)22-20-18-16-14-12-10-8-6-4-2/h19-22,29-32H,3-18,23-26H2,1-2H3. The average molecular weight is 471 g/mol. The molecule has 0 fully saturated rings. The monoisotopic (exact) mass is 470 g/mol. The SMILES string of the molecule is CCCCCCCCCC=CC(O)(CO)COCC(O)(C=CCCCCCCCCC)CO. The summed E-state index contributed by atoms with van der Waals surface area (Å²) in [6.07, 6.45) is 26.0. The van der Waals surface area contributed by atoms with Gasteiger partial charge >= 0.3 is 0 Å². The van der Waals surface area contributed by atoms with Crippen molar-refractivity contribution in [1.29, 1.82) is 0 Å². The van der Waals surface area contributed by atoms with Crippen molar-refractivity contribution in [2.75, 3.05) is 26.4 Å². The molecular formula is C28H54O5. The molecule has 0 saturated carbocycles. The second kappa shape index (κ2) is 21.8. The quantitative estimate of drug-likeness (QED) is 0.105. The summed E-state index contributed by atoms with van der Waals surface area (Å²) in [6, 6.07) is 0. The third kappa shape index (κ3) is 19.3. The fraction of sp³-hybridized carbons (Fsp3) is 0.857. The zero-order chi connectivity index (χ0) is 24.7. The highest BCUT2D eigenvalue weighted by atomic mass is 16.5. The Labute approximate surface area is 204 Å². The first-order valence-electron chi connectivity index (χ1n) is 13.5. The molecule has 0 aliphatic carbocycles. The molecule has 0 aromatic rings. The van der Waals surface area contributed by atoms with E-state index < -0.39 is 24.4 Å². The molecule has 5 heteroatoms. The zero-order valence-corrected chi connectivity index (χ0v) is 21.6. The molecule has 0 amide bonds. The summed E-state index contributed by atoms with van der Waals surface area (Å²) in [5.41, 5.74) is -2.95. The lowest BCUT2D eigenvalue weighted by Crippen LogP contribution is -2.41. The van der Waals surface area contributed by atoms with Crippen molar-refractivity contribution in [3.05, 3.63) is 24.3 Å². The van der Waals surface area contributed by atoms with Crippen LogP contribution in [-0.4, -0.2) is 58.1 Å². The van der Waals surface area contributed by atoms with Crippen molar-refractivity contribution in [3.8, 4) is 0 Å². The van der Waals surface area contributed by atoms with Crippen molar-refractivity contribution >= 4 is 0 Å². The minimum absolute atomic E-state index is 0.134. The van der Waals surface area contributed by atoms with Gasteiger partial charge in [-0.1, -0.05) is 115 Å². The van der Waals surface area contributed by atoms with Gasteiger partial charge in [-0.15, -0.1) is 0 Å². The van der Waals surface area contributed by atoms with Gasteiger partial charge in [0.2, 0.25) is 0 Å². The Balaban J connectivity index is 4.13. The molecular weight excluding hydrogens is 416 g/mol. The van der Waals surface area contributed by atoms with Crippen LogP contribution in [0.2, 0.25) is 0 Å². The largest absolute Gasteiger partial charge is 0.393 e. The van der Waals surface area contributed by atoms with E-state index in [1.165, 1.54) is 77.0 Å². The molecule has 2 unspecified atom stereocenters. The minimum atomic E-state index is -1.47. The minimum Gasteiger partial charge on any atom is -0.393 e. The van der Waals surface area contributed by atoms with Crippen LogP contribution in [0, 0.1) is 0 Å². The van der Waals surface area contributed by atoms with Crippen LogP contribution in [0.3, 0.4) is 0 Å². The Morgan fingerprint density at radius 3 is 1.21 bits per heavy atom. The molecule has 0 spiro atoms. The third-order valence-corrected chi connectivity index (χ3v) is 6.06. The first kappa shape index (κ1) is 32.3. The van der Waals surface area contributed by atoms with Crippen molar-refractivity contribution in [3.63, 3.8) is 0 Å². The molecule has 2 atom stereocenters. The summed E-state index contributed by atoms with van der Waals surface area (Å²) in [5.74, 6) is 0. The molecule has 0 aliphatic rings. The Morgan fingerprint density at radius 2 is 0.879 bits per heavy atom. The zero-order valence-electron chi connectivity index (χ0n) is 21.6. The number of rotatable bonds is 24. The number of unbranched alkanes of at least 4 members (excludes halogenated alkanes) is 14. The fourth-order valence-corrected chi connectivity index (χ4v) is 3.74. The molecule has 0 aliphatic heterocycles. The van der Waals surface area contributed by atoms with Crippen LogP contribution in [-0.2, 0) is 4.74 Å². The molecule has 0 rings (SSSR count). The van der Waals surface area contributed by atoms with E-state index in [2.05, 4.69) is 13.8 Å². The predicted octanol–water partition coefficient (Wildman–Crippen LogP) is 5.84. The summed E-state index contributed by atoms with van der Waals surface area (Å²) in [4.78, 5) is 0. The van der Waals surface area contributed by atoms with Crippen molar-refractivity contribution in [1.82, 2.24) is 0 Å². The second-order valence-electron chi connectivity index (χ2n) is 9.64. The summed E-state index contributed by atoms with van der Waals surface area (Å²) in [6.45, 7) is 3.26. The van der Waals surface area contributed by atoms with Gasteiger partial charge in [0, 0.05) is 0 Å². The summed E-state index contributed by atoms with van der Waals surface area (Å²) in [5, 5.41) is 40.2. The predicted molar refractivity (Wildman–Crippen MR) is 138 cm³/mol. The molecule has 0 radical (unpaired) electrons. The number of hydrogen-bond acceptors (Lipinski definition) is 5. The molecule has 0 bridgehead atoms. The number of hydrogen-bond donors (Lipinski definition) is 4. The highest BCUT2D eigenvalue weighted by Gasteiger charge is 2.27. The van der Waals surface area contributed by atoms with E-state index in [1.54, 1.807) is 12.2 Å². The van der Waals surface area contributed by atoms with Crippen LogP contribution >= 0.6 is 0 Å². The Morgan fingerprint density at radius 1 is 0.545 bits per heavy atom. The first-order valence-corrected chi connectivity index (χ1v) is 13.5. The van der Waals surface area contributed by atoms with E-state index in [4.69, 9.17) is 4.74 Å². The smallest absolute Gasteiger partial charge is 0.129 e. The average Bonchev–Trinajstić information content (AvgIpc) is 2.82. The van der Waals surface area contributed by atoms with Gasteiger partial charge < -0.3 is 25.2 Å². The van der Waals surface area contributed by atoms with Gasteiger partial charge in [0.05, 0.1) is 26.4 Å². The Bertz CT molecular complexity index is 437. The Hall–Kier alpha value is -0.720. The van der Waals surface area contributed by atoms with Crippen molar-refractivity contribution < 1.29 is 25.2 Å². The second-order valence-corrected chi connectivity index (χ2v) is 9.64. The summed E-state index contributed by atoms with van der Waals surface area (Å²) < 4.78 is 5.49. The van der Waals surface area contributed by atoms with E-state index in [0.29, 0.717) is 0 Å². The highest BCUT2D eigenvalue weighted by Crippen LogP contribution is 2.15. The molecule has 0 saturated heterocycles. The summed E-state index contributed by atoms with van der Waals surface area (Å²) >= 11 is 0. The van der Waals surface area contributed by atoms with Gasteiger partial charge in [0.15, 0.2) is 0 Å². The molecule has 5 nitrogen and oxygen atoms in total. The number of ether oxygens (including phenoxy) is 1. The third-order valence-electron chi connectivity index (χ3n) is 6.06. The number of aliphatic hydroxyl groups is 4. The van der Waals surface area contributed by atoms with Gasteiger partial charge in [-0.2, -0.15) is 0 Å². The van der Waals surface area contributed by atoms with E-state index in [1.807, 2.05) is 12.2 Å². The normalized spacial score (nSPS) is 15.9. The maximum atomic E-state index is 10.5. The molecule has 0 aromatic heterocycles. The van der Waals surface area contributed by atoms with E-state index in [0.717, 1.165) is 25.7 Å². The van der Waals surface area contributed by atoms with Crippen molar-refractivity contribution in [2.45, 2.75) is 128 Å². The lowest BCUT2D eigenvalue weighted by molar-refractivity contribution is -0.0916. The van der Waals surface area contributed by atoms with Crippen molar-refractivity contribution in [2.24, 2.45) is 0 Å². The highest BCUT2D eigenvalue weighted by molar-refractivity contribution is 5.03. The topological polar surface area (TPSA) is 90.2 Å². The summed E-state index contributed by atoms with van der Waals surface area (Å²) in [7, 11) is 0. The van der Waals surface area contributed by atoms with E-state index >= 15 is 0 Å². The number of allylic oxidation sites excluding steroid dienone is 2. The lowest BCUT2D eigenvalue weighted by Gasteiger charge is -2.26. The molecule has 196 valence electrons. The maximum Gasteiger partial charge on any atom is 0.129 e. The Kier molecular flexibility index (Phi) is 21.3. The van der Waals surface area contributed by atoms with Crippen LogP contribution in [0.15, 0.2) is 24.3 Å². The van der Waals surface area contributed by atoms with Crippen LogP contribution < -0.4 is 0 Å². The van der Waals surface area contributed by atoms with E-state index in [-0.39, 0.29) is 13.2 Å². The van der Waals surface area contributed by atoms with Gasteiger partial charge in [0.25, 0.3) is 0 Å². The number of aliphatic hydroxyl groups excluding tert-OH is 2. The first-order chi connectivity index (χ1) is 15.9. The molecule has 4 N–H and O–H groups in total. The molecule has 33 heavy (non-hydrogen) atoms. The lowest BCUT2D eigenvalue weighted by atomic mass is 10.0. The fourth-order valence-electron chi connectivity index (χ4n) is 3.74. The van der Waals surface area contributed by atoms with Gasteiger partial charge in [-0.3, -0.25) is 0 Å². The molecule has 0 heterocycles. The van der Waals surface area contributed by atoms with Gasteiger partial charge in [0.1, 0.15) is 11.2 Å². The maximum absolute atomic E-state index is 10.5. The van der Waals surface area contributed by atoms with Gasteiger partial charge in [-0.25, -0.2) is 0 Å². The van der Waals surface area contributed by atoms with Crippen LogP contribution in [0.25, 0.3) is 0 Å². The van der Waals surface area contributed by atoms with Gasteiger partial charge in [-0.05, 0) is 25.7 Å². The van der Waals surface area contributed by atoms with E-state index in [9.17, 15) is 20.4 Å². The van der Waals surface area contributed by atoms with Crippen LogP contribution in [0.4, 0.5) is 0 Å². The van der Waals surface area contributed by atoms with Crippen LogP contribution in [0.1, 0.15) is 117 Å². The molecule has 0 aromatic carbocycles.